The van der Waals surface area contributed by atoms with Gasteiger partial charge in [0.25, 0.3) is 11.1 Å². The predicted octanol–water partition coefficient (Wildman–Crippen LogP) is 0.807. The van der Waals surface area contributed by atoms with Crippen LogP contribution < -0.4 is 11.1 Å². The average molecular weight is 186 g/mol. The second-order valence-electron chi connectivity index (χ2n) is 3.20. The van der Waals surface area contributed by atoms with Gasteiger partial charge in [0.2, 0.25) is 0 Å². The summed E-state index contributed by atoms with van der Waals surface area (Å²) in [5, 5.41) is 1.59. The van der Waals surface area contributed by atoms with Crippen molar-refractivity contribution in [3.8, 4) is 0 Å². The van der Waals surface area contributed by atoms with Gasteiger partial charge in [-0.2, -0.15) is 0 Å². The Morgan fingerprint density at radius 2 is 1.29 bits per heavy atom. The molecule has 3 rings (SSSR count). The quantitative estimate of drug-likeness (QED) is 0.545. The number of nitrogens with one attached hydrogen (secondary N) is 2. The fourth-order valence-electron chi connectivity index (χ4n) is 1.77. The third kappa shape index (κ3) is 0.724. The highest BCUT2D eigenvalue weighted by Gasteiger charge is 2.10. The first-order valence-corrected chi connectivity index (χ1v) is 4.24. The van der Waals surface area contributed by atoms with Gasteiger partial charge < -0.3 is 4.98 Å². The van der Waals surface area contributed by atoms with Gasteiger partial charge in [0.15, 0.2) is 0 Å². The van der Waals surface area contributed by atoms with Crippen LogP contribution in [0.2, 0.25) is 0 Å². The normalized spacial score (nSPS) is 11.4. The summed E-state index contributed by atoms with van der Waals surface area (Å²) in [5.74, 6) is 0. The van der Waals surface area contributed by atoms with Crippen LogP contribution in [0.1, 0.15) is 0 Å². The largest absolute Gasteiger partial charge is 0.345 e. The standard InChI is InChI=1S/C10H6N2O2/c13-9-7-5-3-1-2-4-6(5)8(11-7)10(14)12-9/h1-4,11H,(H,12,13,14). The van der Waals surface area contributed by atoms with E-state index in [-0.39, 0.29) is 11.1 Å². The van der Waals surface area contributed by atoms with E-state index in [4.69, 9.17) is 0 Å². The number of H-pyrrole nitrogens is 2. The fourth-order valence-corrected chi connectivity index (χ4v) is 1.77. The zero-order valence-electron chi connectivity index (χ0n) is 7.13. The molecule has 4 nitrogen and oxygen atoms in total. The molecule has 2 N–H and O–H groups in total. The van der Waals surface area contributed by atoms with Gasteiger partial charge in [-0.1, -0.05) is 24.3 Å². The number of hydrogen-bond acceptors (Lipinski definition) is 2. The molecule has 0 saturated heterocycles. The Bertz CT molecular complexity index is 665. The van der Waals surface area contributed by atoms with Crippen molar-refractivity contribution in [2.24, 2.45) is 0 Å². The molecule has 0 atom stereocenters. The number of aromatic nitrogens is 2. The Balaban J connectivity index is 2.86. The summed E-state index contributed by atoms with van der Waals surface area (Å²) in [5.41, 5.74) is 0.220. The van der Waals surface area contributed by atoms with Crippen molar-refractivity contribution >= 4 is 21.8 Å². The number of aromatic amines is 2. The van der Waals surface area contributed by atoms with Crippen LogP contribution in [0.25, 0.3) is 21.8 Å². The van der Waals surface area contributed by atoms with Crippen LogP contribution in [0.4, 0.5) is 0 Å². The van der Waals surface area contributed by atoms with E-state index in [0.29, 0.717) is 11.0 Å². The number of fused-ring (bicyclic) bond motifs is 5. The van der Waals surface area contributed by atoms with Crippen molar-refractivity contribution < 1.29 is 0 Å². The minimum Gasteiger partial charge on any atom is -0.345 e. The molecule has 0 amide bonds. The summed E-state index contributed by atoms with van der Waals surface area (Å²) in [4.78, 5) is 27.9. The molecule has 0 radical (unpaired) electrons. The molecular formula is C10H6N2O2. The molecule has 68 valence electrons. The number of benzene rings is 1. The molecule has 0 aliphatic carbocycles. The van der Waals surface area contributed by atoms with Gasteiger partial charge in [-0.15, -0.1) is 0 Å². The molecule has 2 heterocycles. The van der Waals surface area contributed by atoms with Crippen LogP contribution in [-0.4, -0.2) is 9.97 Å². The molecule has 3 aromatic rings. The van der Waals surface area contributed by atoms with Gasteiger partial charge in [0, 0.05) is 10.8 Å². The highest BCUT2D eigenvalue weighted by molar-refractivity contribution is 6.06. The van der Waals surface area contributed by atoms with Gasteiger partial charge in [0.1, 0.15) is 11.0 Å². The Morgan fingerprint density at radius 1 is 0.786 bits per heavy atom. The zero-order chi connectivity index (χ0) is 9.71. The molecular weight excluding hydrogens is 180 g/mol. The summed E-state index contributed by atoms with van der Waals surface area (Å²) in [6.45, 7) is 0. The Labute approximate surface area is 77.5 Å². The topological polar surface area (TPSA) is 65.7 Å². The van der Waals surface area contributed by atoms with Crippen molar-refractivity contribution in [2.75, 3.05) is 0 Å². The van der Waals surface area contributed by atoms with E-state index < -0.39 is 0 Å². The van der Waals surface area contributed by atoms with Crippen molar-refractivity contribution in [1.82, 2.24) is 9.97 Å². The fraction of sp³-hybridized carbons (Fsp3) is 0. The molecule has 0 spiro atoms. The van der Waals surface area contributed by atoms with Gasteiger partial charge in [-0.3, -0.25) is 14.6 Å². The second kappa shape index (κ2) is 2.23. The lowest BCUT2D eigenvalue weighted by Crippen LogP contribution is -2.18. The van der Waals surface area contributed by atoms with Crippen molar-refractivity contribution in [2.45, 2.75) is 0 Å². The summed E-state index contributed by atoms with van der Waals surface area (Å²) in [6, 6.07) is 7.32. The molecule has 0 fully saturated rings. The van der Waals surface area contributed by atoms with Crippen LogP contribution >= 0.6 is 0 Å². The minimum atomic E-state index is -0.358. The van der Waals surface area contributed by atoms with Crippen LogP contribution in [0.5, 0.6) is 0 Å². The van der Waals surface area contributed by atoms with Crippen LogP contribution in [-0.2, 0) is 0 Å². The zero-order valence-corrected chi connectivity index (χ0v) is 7.13. The molecule has 0 unspecified atom stereocenters. The lowest BCUT2D eigenvalue weighted by atomic mass is 10.2. The van der Waals surface area contributed by atoms with E-state index in [1.165, 1.54) is 0 Å². The third-order valence-electron chi connectivity index (χ3n) is 2.40. The van der Waals surface area contributed by atoms with E-state index in [0.717, 1.165) is 10.8 Å². The Morgan fingerprint density at radius 3 is 1.79 bits per heavy atom. The molecule has 0 aliphatic heterocycles. The Hall–Kier alpha value is -2.10. The molecule has 0 saturated carbocycles. The first kappa shape index (κ1) is 7.32. The van der Waals surface area contributed by atoms with E-state index >= 15 is 0 Å². The van der Waals surface area contributed by atoms with E-state index in [9.17, 15) is 9.59 Å². The summed E-state index contributed by atoms with van der Waals surface area (Å²) >= 11 is 0. The summed E-state index contributed by atoms with van der Waals surface area (Å²) in [6.07, 6.45) is 0. The summed E-state index contributed by atoms with van der Waals surface area (Å²) < 4.78 is 0. The van der Waals surface area contributed by atoms with Crippen LogP contribution in [0.3, 0.4) is 0 Å². The lowest BCUT2D eigenvalue weighted by molar-refractivity contribution is 1.18. The maximum absolute atomic E-state index is 11.4. The molecule has 14 heavy (non-hydrogen) atoms. The lowest BCUT2D eigenvalue weighted by Gasteiger charge is -1.84. The highest BCUT2D eigenvalue weighted by atomic mass is 16.2. The number of hydrogen-bond donors (Lipinski definition) is 2. The molecule has 0 aliphatic rings. The van der Waals surface area contributed by atoms with E-state index in [1.54, 1.807) is 0 Å². The molecule has 1 aromatic carbocycles. The molecule has 2 bridgehead atoms. The van der Waals surface area contributed by atoms with E-state index in [2.05, 4.69) is 9.97 Å². The first-order valence-electron chi connectivity index (χ1n) is 4.24. The first-order chi connectivity index (χ1) is 6.77. The Kier molecular flexibility index (Phi) is 1.16. The third-order valence-corrected chi connectivity index (χ3v) is 2.40. The monoisotopic (exact) mass is 186 g/mol. The minimum absolute atomic E-state index is 0.358. The second-order valence-corrected chi connectivity index (χ2v) is 3.20. The summed E-state index contributed by atoms with van der Waals surface area (Å²) in [7, 11) is 0. The molecule has 4 heteroatoms. The van der Waals surface area contributed by atoms with E-state index in [1.807, 2.05) is 24.3 Å². The maximum Gasteiger partial charge on any atom is 0.275 e. The highest BCUT2D eigenvalue weighted by Crippen LogP contribution is 2.20. The predicted molar refractivity (Wildman–Crippen MR) is 53.9 cm³/mol. The van der Waals surface area contributed by atoms with Crippen LogP contribution in [0.15, 0.2) is 33.9 Å². The molecule has 2 aromatic heterocycles. The van der Waals surface area contributed by atoms with Gasteiger partial charge in [-0.05, 0) is 0 Å². The van der Waals surface area contributed by atoms with Gasteiger partial charge in [-0.25, -0.2) is 0 Å². The smallest absolute Gasteiger partial charge is 0.275 e. The average Bonchev–Trinajstić information content (AvgIpc) is 2.52. The van der Waals surface area contributed by atoms with Gasteiger partial charge in [0.05, 0.1) is 0 Å². The van der Waals surface area contributed by atoms with Gasteiger partial charge >= 0.3 is 0 Å². The van der Waals surface area contributed by atoms with Crippen molar-refractivity contribution in [3.05, 3.63) is 45.0 Å². The van der Waals surface area contributed by atoms with Crippen molar-refractivity contribution in [3.63, 3.8) is 0 Å². The maximum atomic E-state index is 11.4. The van der Waals surface area contributed by atoms with Crippen LogP contribution in [0, 0.1) is 0 Å². The number of rotatable bonds is 0. The van der Waals surface area contributed by atoms with Crippen molar-refractivity contribution in [1.29, 1.82) is 0 Å². The SMILES string of the molecule is O=c1[nH]c(=O)c2[nH]c1c1ccccc21.